The lowest BCUT2D eigenvalue weighted by Crippen LogP contribution is -2.50. The molecule has 1 N–H and O–H groups in total. The second-order valence-corrected chi connectivity index (χ2v) is 9.31. The summed E-state index contributed by atoms with van der Waals surface area (Å²) in [6.07, 6.45) is 2.42. The molecule has 1 amide bonds. The number of nitrogens with zero attached hydrogens (tertiary/aromatic N) is 3. The molecule has 0 aromatic heterocycles. The first-order chi connectivity index (χ1) is 14.1. The smallest absolute Gasteiger partial charge is 0.236 e. The fourth-order valence-corrected chi connectivity index (χ4v) is 4.63. The van der Waals surface area contributed by atoms with Gasteiger partial charge in [0.1, 0.15) is 0 Å². The molecule has 2 rings (SSSR count). The fraction of sp³-hybridized carbons (Fsp3) is 0.591. The van der Waals surface area contributed by atoms with Crippen molar-refractivity contribution in [2.75, 3.05) is 25.0 Å². The number of benzene rings is 1. The predicted molar refractivity (Wildman–Crippen MR) is 120 cm³/mol. The average Bonchev–Trinajstić information content (AvgIpc) is 3.19. The van der Waals surface area contributed by atoms with Crippen LogP contribution >= 0.6 is 23.2 Å². The maximum absolute atomic E-state index is 13.5. The van der Waals surface area contributed by atoms with Crippen LogP contribution in [-0.2, 0) is 4.79 Å². The van der Waals surface area contributed by atoms with Gasteiger partial charge in [0.05, 0.1) is 23.7 Å². The maximum atomic E-state index is 13.5. The Morgan fingerprint density at radius 1 is 1.37 bits per heavy atom. The number of amides is 1. The minimum absolute atomic E-state index is 0.0124. The van der Waals surface area contributed by atoms with Crippen LogP contribution in [0.3, 0.4) is 0 Å². The third-order valence-corrected chi connectivity index (χ3v) is 6.49. The monoisotopic (exact) mass is 451 g/mol. The number of carbonyl (C=O) groups excluding carboxylic acids is 1. The van der Waals surface area contributed by atoms with Gasteiger partial charge in [-0.2, -0.15) is 5.26 Å². The summed E-state index contributed by atoms with van der Waals surface area (Å²) in [4.78, 5) is 18.3. The van der Waals surface area contributed by atoms with Gasteiger partial charge in [0, 0.05) is 29.6 Å². The molecule has 0 saturated carbocycles. The highest BCUT2D eigenvalue weighted by atomic mass is 35.5. The summed E-state index contributed by atoms with van der Waals surface area (Å²) in [5.41, 5.74) is 0.130. The Morgan fingerprint density at radius 3 is 2.53 bits per heavy atom. The molecule has 0 bridgehead atoms. The third-order valence-electron chi connectivity index (χ3n) is 6.06. The second-order valence-electron chi connectivity index (χ2n) is 8.44. The summed E-state index contributed by atoms with van der Waals surface area (Å²) in [5, 5.41) is 25.8. The van der Waals surface area contributed by atoms with E-state index in [4.69, 9.17) is 23.2 Å². The zero-order valence-corrected chi connectivity index (χ0v) is 19.4. The maximum Gasteiger partial charge on any atom is 0.236 e. The number of nitriles is 1. The number of anilines is 1. The standard InChI is InChI=1S/C22H30Cl2N4O2/c1-5-14(11-25)6-7-22(2,3)19-13-27-12-18(19)20(29)28(21(30)26-4)17-9-15(23)8-16(24)10-17/h8-10,14,18-19,27H,5-7,12-13H2,1-4H3,(H,26,30)/p-1/t14?,18-,19+/m0/s1. The highest BCUT2D eigenvalue weighted by Crippen LogP contribution is 2.41. The molecule has 6 nitrogen and oxygen atoms in total. The summed E-state index contributed by atoms with van der Waals surface area (Å²) < 4.78 is 0. The second kappa shape index (κ2) is 10.5. The zero-order valence-electron chi connectivity index (χ0n) is 17.9. The minimum atomic E-state index is -0.655. The van der Waals surface area contributed by atoms with Crippen LogP contribution in [0.25, 0.3) is 0 Å². The SMILES string of the molecule is CCC(C#N)CCC(C)(C)[C@@H]1CNC[C@@H]1C(=O)N(C([O-])=NC)c1cc(Cl)cc(Cl)c1. The van der Waals surface area contributed by atoms with Crippen LogP contribution in [0, 0.1) is 34.5 Å². The van der Waals surface area contributed by atoms with Gasteiger partial charge in [-0.3, -0.25) is 14.7 Å². The molecule has 1 unspecified atom stereocenters. The first kappa shape index (κ1) is 24.5. The van der Waals surface area contributed by atoms with Crippen LogP contribution in [0.15, 0.2) is 23.2 Å². The van der Waals surface area contributed by atoms with E-state index in [9.17, 15) is 15.2 Å². The topological polar surface area (TPSA) is 91.5 Å². The van der Waals surface area contributed by atoms with Crippen molar-refractivity contribution >= 4 is 40.8 Å². The number of amidine groups is 1. The van der Waals surface area contributed by atoms with Crippen LogP contribution in [0.4, 0.5) is 5.69 Å². The molecule has 3 atom stereocenters. The van der Waals surface area contributed by atoms with E-state index in [-0.39, 0.29) is 23.2 Å². The molecule has 30 heavy (non-hydrogen) atoms. The third kappa shape index (κ3) is 5.66. The van der Waals surface area contributed by atoms with Crippen molar-refractivity contribution in [2.24, 2.45) is 28.2 Å². The van der Waals surface area contributed by atoms with E-state index in [0.717, 1.165) is 24.2 Å². The number of halogens is 2. The summed E-state index contributed by atoms with van der Waals surface area (Å²) in [6.45, 7) is 7.42. The minimum Gasteiger partial charge on any atom is -0.846 e. The number of rotatable bonds is 7. The molecular formula is C22H29Cl2N4O2-. The van der Waals surface area contributed by atoms with E-state index >= 15 is 0 Å². The Bertz CT molecular complexity index is 815. The molecule has 1 aliphatic heterocycles. The van der Waals surface area contributed by atoms with E-state index in [1.54, 1.807) is 6.07 Å². The number of hydrogen-bond donors (Lipinski definition) is 1. The van der Waals surface area contributed by atoms with Crippen molar-refractivity contribution in [1.82, 2.24) is 5.32 Å². The lowest BCUT2D eigenvalue weighted by molar-refractivity contribution is -0.218. The summed E-state index contributed by atoms with van der Waals surface area (Å²) in [7, 11) is 1.36. The van der Waals surface area contributed by atoms with Gasteiger partial charge < -0.3 is 10.4 Å². The van der Waals surface area contributed by atoms with Gasteiger partial charge in [0.25, 0.3) is 0 Å². The number of aliphatic imine (C=N–C) groups is 1. The molecule has 1 heterocycles. The van der Waals surface area contributed by atoms with Gasteiger partial charge in [-0.1, -0.05) is 44.0 Å². The number of nitrogens with one attached hydrogen (secondary N) is 1. The van der Waals surface area contributed by atoms with Crippen LogP contribution in [0.2, 0.25) is 10.0 Å². The van der Waals surface area contributed by atoms with Crippen molar-refractivity contribution in [3.8, 4) is 6.07 Å². The number of hydrogen-bond acceptors (Lipinski definition) is 5. The van der Waals surface area contributed by atoms with Gasteiger partial charge >= 0.3 is 0 Å². The summed E-state index contributed by atoms with van der Waals surface area (Å²) in [5.74, 6) is -0.689. The van der Waals surface area contributed by atoms with Gasteiger partial charge in [-0.25, -0.2) is 0 Å². The first-order valence-electron chi connectivity index (χ1n) is 10.2. The molecule has 0 radical (unpaired) electrons. The highest BCUT2D eigenvalue weighted by Gasteiger charge is 2.44. The van der Waals surface area contributed by atoms with E-state index in [1.807, 2.05) is 6.92 Å². The lowest BCUT2D eigenvalue weighted by atomic mass is 9.69. The summed E-state index contributed by atoms with van der Waals surface area (Å²) in [6, 6.07) is 6.32. The zero-order chi connectivity index (χ0) is 22.5. The van der Waals surface area contributed by atoms with E-state index in [0.29, 0.717) is 28.8 Å². The van der Waals surface area contributed by atoms with Gasteiger partial charge in [0.2, 0.25) is 5.91 Å². The van der Waals surface area contributed by atoms with Crippen molar-refractivity contribution < 1.29 is 9.90 Å². The van der Waals surface area contributed by atoms with Crippen LogP contribution in [0.1, 0.15) is 40.0 Å². The van der Waals surface area contributed by atoms with Gasteiger partial charge in [-0.15, -0.1) is 0 Å². The van der Waals surface area contributed by atoms with Crippen molar-refractivity contribution in [3.63, 3.8) is 0 Å². The largest absolute Gasteiger partial charge is 0.846 e. The highest BCUT2D eigenvalue weighted by molar-refractivity contribution is 6.35. The predicted octanol–water partition coefficient (Wildman–Crippen LogP) is 3.86. The quantitative estimate of drug-likeness (QED) is 0.502. The van der Waals surface area contributed by atoms with Crippen molar-refractivity contribution in [3.05, 3.63) is 28.2 Å². The molecule has 164 valence electrons. The van der Waals surface area contributed by atoms with Crippen LogP contribution in [0.5, 0.6) is 0 Å². The lowest BCUT2D eigenvalue weighted by Gasteiger charge is -2.38. The molecule has 1 saturated heterocycles. The molecule has 0 aliphatic carbocycles. The molecule has 8 heteroatoms. The van der Waals surface area contributed by atoms with Gasteiger partial charge in [0.15, 0.2) is 0 Å². The molecule has 1 aliphatic rings. The Kier molecular flexibility index (Phi) is 8.54. The summed E-state index contributed by atoms with van der Waals surface area (Å²) >= 11 is 12.2. The normalized spacial score (nSPS) is 20.6. The van der Waals surface area contributed by atoms with Crippen molar-refractivity contribution in [2.45, 2.75) is 40.0 Å². The van der Waals surface area contributed by atoms with E-state index in [2.05, 4.69) is 30.2 Å². The molecular weight excluding hydrogens is 423 g/mol. The molecule has 1 aromatic carbocycles. The van der Waals surface area contributed by atoms with Crippen LogP contribution < -0.4 is 15.3 Å². The Labute approximate surface area is 188 Å². The Morgan fingerprint density at radius 2 is 2.00 bits per heavy atom. The first-order valence-corrected chi connectivity index (χ1v) is 10.9. The van der Waals surface area contributed by atoms with Gasteiger partial charge in [-0.05, 0) is 55.3 Å². The fourth-order valence-electron chi connectivity index (χ4n) is 4.12. The Hall–Kier alpha value is -1.81. The Balaban J connectivity index is 2.31. The van der Waals surface area contributed by atoms with Crippen LogP contribution in [-0.4, -0.2) is 32.1 Å². The molecule has 1 fully saturated rings. The average molecular weight is 452 g/mol. The van der Waals surface area contributed by atoms with E-state index < -0.39 is 11.9 Å². The van der Waals surface area contributed by atoms with E-state index in [1.165, 1.54) is 19.2 Å². The van der Waals surface area contributed by atoms with Crippen molar-refractivity contribution in [1.29, 1.82) is 5.26 Å². The molecule has 0 spiro atoms. The number of carbonyl (C=O) groups is 1. The molecule has 1 aromatic rings.